The van der Waals surface area contributed by atoms with Crippen molar-refractivity contribution in [3.8, 4) is 0 Å². The van der Waals surface area contributed by atoms with Crippen molar-refractivity contribution < 1.29 is 9.59 Å². The SMILES string of the molecule is CC1C(=O)N(CCCCC2CCSS2)C(=O)N1C. The van der Waals surface area contributed by atoms with Crippen LogP contribution in [0.15, 0.2) is 0 Å². The number of imide groups is 1. The average Bonchev–Trinajstić information content (AvgIpc) is 2.93. The Bertz CT molecular complexity index is 312. The monoisotopic (exact) mass is 288 g/mol. The van der Waals surface area contributed by atoms with Crippen LogP contribution in [0.4, 0.5) is 4.79 Å². The number of nitrogens with zero attached hydrogens (tertiary/aromatic N) is 2. The van der Waals surface area contributed by atoms with Gasteiger partial charge in [0.25, 0.3) is 5.91 Å². The highest BCUT2D eigenvalue weighted by atomic mass is 33.1. The van der Waals surface area contributed by atoms with E-state index >= 15 is 0 Å². The maximum Gasteiger partial charge on any atom is 0.327 e. The fourth-order valence-electron chi connectivity index (χ4n) is 2.25. The normalized spacial score (nSPS) is 28.6. The molecule has 0 aromatic heterocycles. The van der Waals surface area contributed by atoms with Crippen LogP contribution < -0.4 is 0 Å². The van der Waals surface area contributed by atoms with Crippen molar-refractivity contribution in [3.05, 3.63) is 0 Å². The second-order valence-corrected chi connectivity index (χ2v) is 7.67. The summed E-state index contributed by atoms with van der Waals surface area (Å²) in [7, 11) is 5.64. The predicted molar refractivity (Wildman–Crippen MR) is 76.6 cm³/mol. The largest absolute Gasteiger partial charge is 0.327 e. The lowest BCUT2D eigenvalue weighted by Crippen LogP contribution is -2.32. The van der Waals surface area contributed by atoms with Gasteiger partial charge in [-0.2, -0.15) is 0 Å². The molecule has 0 saturated carbocycles. The van der Waals surface area contributed by atoms with Crippen molar-refractivity contribution in [2.45, 2.75) is 43.9 Å². The molecule has 0 radical (unpaired) electrons. The molecule has 2 heterocycles. The second-order valence-electron chi connectivity index (χ2n) is 4.88. The molecule has 0 spiro atoms. The van der Waals surface area contributed by atoms with Gasteiger partial charge in [0.1, 0.15) is 6.04 Å². The van der Waals surface area contributed by atoms with Crippen LogP contribution in [-0.2, 0) is 4.79 Å². The maximum atomic E-state index is 11.8. The Morgan fingerprint density at radius 2 is 2.11 bits per heavy atom. The Labute approximate surface area is 116 Å². The third kappa shape index (κ3) is 2.96. The van der Waals surface area contributed by atoms with E-state index in [-0.39, 0.29) is 18.0 Å². The van der Waals surface area contributed by atoms with Crippen LogP contribution in [0.5, 0.6) is 0 Å². The number of hydrogen-bond donors (Lipinski definition) is 0. The molecule has 6 heteroatoms. The maximum absolute atomic E-state index is 11.8. The quantitative estimate of drug-likeness (QED) is 0.443. The van der Waals surface area contributed by atoms with Crippen LogP contribution in [-0.4, -0.2) is 52.4 Å². The van der Waals surface area contributed by atoms with E-state index in [1.54, 1.807) is 14.0 Å². The molecule has 0 aliphatic carbocycles. The lowest BCUT2D eigenvalue weighted by Gasteiger charge is -2.14. The molecule has 2 fully saturated rings. The summed E-state index contributed by atoms with van der Waals surface area (Å²) in [6, 6.07) is -0.433. The number of amides is 3. The first-order valence-electron chi connectivity index (χ1n) is 6.47. The summed E-state index contributed by atoms with van der Waals surface area (Å²) < 4.78 is 0. The molecule has 0 aromatic rings. The molecular weight excluding hydrogens is 268 g/mol. The molecule has 2 rings (SSSR count). The summed E-state index contributed by atoms with van der Waals surface area (Å²) in [4.78, 5) is 26.6. The number of urea groups is 1. The molecule has 4 nitrogen and oxygen atoms in total. The molecule has 2 aliphatic rings. The van der Waals surface area contributed by atoms with Gasteiger partial charge in [0.15, 0.2) is 0 Å². The van der Waals surface area contributed by atoms with Gasteiger partial charge >= 0.3 is 6.03 Å². The van der Waals surface area contributed by atoms with Gasteiger partial charge in [-0.25, -0.2) is 4.79 Å². The Balaban J connectivity index is 1.70. The first kappa shape index (κ1) is 14.1. The minimum atomic E-state index is -0.292. The van der Waals surface area contributed by atoms with Gasteiger partial charge in [-0.3, -0.25) is 9.69 Å². The molecule has 2 aliphatic heterocycles. The third-order valence-corrected chi connectivity index (χ3v) is 6.63. The molecule has 102 valence electrons. The van der Waals surface area contributed by atoms with Crippen molar-refractivity contribution in [1.82, 2.24) is 9.80 Å². The van der Waals surface area contributed by atoms with Crippen LogP contribution in [0.25, 0.3) is 0 Å². The molecule has 2 unspecified atom stereocenters. The van der Waals surface area contributed by atoms with Crippen LogP contribution in [0.1, 0.15) is 32.6 Å². The highest BCUT2D eigenvalue weighted by molar-refractivity contribution is 8.77. The molecule has 0 aromatic carbocycles. The Morgan fingerprint density at radius 3 is 2.67 bits per heavy atom. The van der Waals surface area contributed by atoms with E-state index in [9.17, 15) is 9.59 Å². The Hall–Kier alpha value is -0.360. The predicted octanol–water partition coefficient (Wildman–Crippen LogP) is 2.59. The Morgan fingerprint density at radius 1 is 1.33 bits per heavy atom. The third-order valence-electron chi connectivity index (χ3n) is 3.62. The summed E-state index contributed by atoms with van der Waals surface area (Å²) in [5.41, 5.74) is 0. The number of hydrogen-bond acceptors (Lipinski definition) is 4. The van der Waals surface area contributed by atoms with E-state index in [1.807, 2.05) is 21.6 Å². The van der Waals surface area contributed by atoms with Crippen molar-refractivity contribution in [1.29, 1.82) is 0 Å². The van der Waals surface area contributed by atoms with E-state index < -0.39 is 0 Å². The zero-order valence-corrected chi connectivity index (χ0v) is 12.6. The minimum Gasteiger partial charge on any atom is -0.316 e. The van der Waals surface area contributed by atoms with Gasteiger partial charge in [-0.1, -0.05) is 28.0 Å². The summed E-state index contributed by atoms with van der Waals surface area (Å²) in [6.07, 6.45) is 4.54. The fourth-order valence-corrected chi connectivity index (χ4v) is 5.28. The van der Waals surface area contributed by atoms with Crippen molar-refractivity contribution in [3.63, 3.8) is 0 Å². The average molecular weight is 288 g/mol. The zero-order valence-electron chi connectivity index (χ0n) is 10.9. The second kappa shape index (κ2) is 6.19. The number of unbranched alkanes of at least 4 members (excludes halogenated alkanes) is 1. The van der Waals surface area contributed by atoms with Gasteiger partial charge in [0, 0.05) is 24.6 Å². The zero-order chi connectivity index (χ0) is 13.1. The first-order valence-corrected chi connectivity index (χ1v) is 8.86. The van der Waals surface area contributed by atoms with E-state index in [2.05, 4.69) is 0 Å². The van der Waals surface area contributed by atoms with Crippen LogP contribution >= 0.6 is 21.6 Å². The van der Waals surface area contributed by atoms with E-state index in [0.717, 1.165) is 18.1 Å². The standard InChI is InChI=1S/C12H20N2O2S2/c1-9-11(15)14(12(16)13(9)2)7-4-3-5-10-6-8-17-18-10/h9-10H,3-8H2,1-2H3. The van der Waals surface area contributed by atoms with Crippen LogP contribution in [0.3, 0.4) is 0 Å². The van der Waals surface area contributed by atoms with Gasteiger partial charge in [-0.05, 0) is 26.2 Å². The van der Waals surface area contributed by atoms with E-state index in [0.29, 0.717) is 6.54 Å². The molecule has 2 atom stereocenters. The lowest BCUT2D eigenvalue weighted by molar-refractivity contribution is -0.127. The van der Waals surface area contributed by atoms with Crippen molar-refractivity contribution in [2.75, 3.05) is 19.3 Å². The van der Waals surface area contributed by atoms with Gasteiger partial charge in [-0.15, -0.1) is 0 Å². The van der Waals surface area contributed by atoms with Gasteiger partial charge in [0.2, 0.25) is 0 Å². The van der Waals surface area contributed by atoms with Crippen molar-refractivity contribution in [2.24, 2.45) is 0 Å². The summed E-state index contributed by atoms with van der Waals surface area (Å²) in [6.45, 7) is 2.36. The summed E-state index contributed by atoms with van der Waals surface area (Å²) in [5, 5.41) is 0.779. The molecule has 0 bridgehead atoms. The summed E-state index contributed by atoms with van der Waals surface area (Å²) in [5.74, 6) is 1.22. The highest BCUT2D eigenvalue weighted by Crippen LogP contribution is 2.39. The smallest absolute Gasteiger partial charge is 0.316 e. The molecule has 18 heavy (non-hydrogen) atoms. The number of likely N-dealkylation sites (N-methyl/N-ethyl adjacent to an activating group) is 1. The topological polar surface area (TPSA) is 40.6 Å². The molecular formula is C12H20N2O2S2. The molecule has 3 amide bonds. The van der Waals surface area contributed by atoms with Crippen LogP contribution in [0.2, 0.25) is 0 Å². The molecule has 0 N–H and O–H groups in total. The lowest BCUT2D eigenvalue weighted by atomic mass is 10.1. The van der Waals surface area contributed by atoms with Crippen LogP contribution in [0, 0.1) is 0 Å². The van der Waals surface area contributed by atoms with Crippen molar-refractivity contribution >= 4 is 33.5 Å². The Kier molecular flexibility index (Phi) is 4.84. The van der Waals surface area contributed by atoms with Gasteiger partial charge in [0.05, 0.1) is 0 Å². The first-order chi connectivity index (χ1) is 8.61. The van der Waals surface area contributed by atoms with E-state index in [1.165, 1.54) is 28.4 Å². The van der Waals surface area contributed by atoms with Gasteiger partial charge < -0.3 is 4.90 Å². The molecule has 2 saturated heterocycles. The minimum absolute atomic E-state index is 0.0479. The summed E-state index contributed by atoms with van der Waals surface area (Å²) >= 11 is 0. The highest BCUT2D eigenvalue weighted by Gasteiger charge is 2.39. The fraction of sp³-hybridized carbons (Fsp3) is 0.833. The number of carbonyl (C=O) groups excluding carboxylic acids is 2. The van der Waals surface area contributed by atoms with E-state index in [4.69, 9.17) is 0 Å². The number of carbonyl (C=O) groups is 2. The number of rotatable bonds is 5.